The lowest BCUT2D eigenvalue weighted by Crippen LogP contribution is -2.18. The van der Waals surface area contributed by atoms with Crippen LogP contribution in [0.3, 0.4) is 0 Å². The van der Waals surface area contributed by atoms with Crippen LogP contribution >= 0.6 is 11.6 Å². The summed E-state index contributed by atoms with van der Waals surface area (Å²) in [5, 5.41) is 9.87. The van der Waals surface area contributed by atoms with Crippen LogP contribution in [0.2, 0.25) is 5.02 Å². The summed E-state index contributed by atoms with van der Waals surface area (Å²) in [6.07, 6.45) is 5.39. The summed E-state index contributed by atoms with van der Waals surface area (Å²) in [5.41, 5.74) is 11.2. The molecule has 3 heterocycles. The molecule has 1 atom stereocenters. The number of hydrogen-bond acceptors (Lipinski definition) is 5. The van der Waals surface area contributed by atoms with Crippen LogP contribution in [0, 0.1) is 11.3 Å². The maximum absolute atomic E-state index is 12.5. The smallest absolute Gasteiger partial charge is 0.251 e. The van der Waals surface area contributed by atoms with Gasteiger partial charge in [0.05, 0.1) is 40.7 Å². The molecule has 0 aliphatic carbocycles. The molecule has 0 spiro atoms. The fraction of sp³-hybridized carbons (Fsp3) is 0.111. The minimum absolute atomic E-state index is 0.147. The molecule has 0 fully saturated rings. The zero-order chi connectivity index (χ0) is 24.9. The third-order valence-electron chi connectivity index (χ3n) is 5.60. The Morgan fingerprint density at radius 2 is 1.83 bits per heavy atom. The third-order valence-corrected chi connectivity index (χ3v) is 5.85. The minimum Gasteiger partial charge on any atom is -0.341 e. The molecule has 1 unspecified atom stereocenters. The molecule has 0 aliphatic rings. The zero-order valence-corrected chi connectivity index (χ0v) is 20.0. The highest BCUT2D eigenvalue weighted by molar-refractivity contribution is 6.30. The molecule has 35 heavy (non-hydrogen) atoms. The topological polar surface area (TPSA) is 103 Å². The van der Waals surface area contributed by atoms with E-state index in [2.05, 4.69) is 11.1 Å². The molecule has 0 saturated heterocycles. The van der Waals surface area contributed by atoms with Crippen molar-refractivity contribution in [1.82, 2.24) is 19.1 Å². The number of nitriles is 1. The number of aryl methyl sites for hydroxylation is 2. The van der Waals surface area contributed by atoms with E-state index in [4.69, 9.17) is 22.3 Å². The first-order valence-electron chi connectivity index (χ1n) is 10.8. The van der Waals surface area contributed by atoms with Gasteiger partial charge in [-0.05, 0) is 47.5 Å². The first-order valence-corrected chi connectivity index (χ1v) is 11.2. The Balaban J connectivity index is 0.000000421. The van der Waals surface area contributed by atoms with E-state index in [1.165, 1.54) is 0 Å². The van der Waals surface area contributed by atoms with E-state index in [9.17, 15) is 10.1 Å². The molecule has 0 bridgehead atoms. The van der Waals surface area contributed by atoms with Crippen molar-refractivity contribution in [2.45, 2.75) is 6.04 Å². The fourth-order valence-corrected chi connectivity index (χ4v) is 3.79. The normalized spacial score (nSPS) is 11.4. The second kappa shape index (κ2) is 10.3. The van der Waals surface area contributed by atoms with E-state index < -0.39 is 6.04 Å². The molecule has 3 aromatic heterocycles. The first-order chi connectivity index (χ1) is 16.9. The van der Waals surface area contributed by atoms with Gasteiger partial charge in [0.15, 0.2) is 0 Å². The molecule has 5 rings (SSSR count). The van der Waals surface area contributed by atoms with Gasteiger partial charge >= 0.3 is 0 Å². The monoisotopic (exact) mass is 482 g/mol. The number of pyridine rings is 2. The van der Waals surface area contributed by atoms with E-state index in [1.54, 1.807) is 60.5 Å². The van der Waals surface area contributed by atoms with E-state index in [1.807, 2.05) is 48.1 Å². The van der Waals surface area contributed by atoms with Gasteiger partial charge in [0.1, 0.15) is 0 Å². The van der Waals surface area contributed by atoms with Crippen LogP contribution in [0.5, 0.6) is 0 Å². The number of hydrogen-bond donors (Lipinski definition) is 1. The van der Waals surface area contributed by atoms with Crippen molar-refractivity contribution in [3.05, 3.63) is 118 Å². The van der Waals surface area contributed by atoms with Crippen LogP contribution < -0.4 is 11.3 Å². The highest BCUT2D eigenvalue weighted by Gasteiger charge is 2.15. The van der Waals surface area contributed by atoms with Crippen LogP contribution in [-0.4, -0.2) is 19.1 Å². The fourth-order valence-electron chi connectivity index (χ4n) is 3.66. The van der Waals surface area contributed by atoms with E-state index in [0.29, 0.717) is 32.9 Å². The van der Waals surface area contributed by atoms with E-state index >= 15 is 0 Å². The van der Waals surface area contributed by atoms with Gasteiger partial charge in [0.25, 0.3) is 5.56 Å². The highest BCUT2D eigenvalue weighted by atomic mass is 35.5. The molecule has 0 amide bonds. The van der Waals surface area contributed by atoms with Gasteiger partial charge < -0.3 is 14.9 Å². The Bertz CT molecular complexity index is 1570. The third kappa shape index (κ3) is 5.30. The molecule has 0 saturated carbocycles. The Kier molecular flexibility index (Phi) is 7.06. The van der Waals surface area contributed by atoms with Crippen molar-refractivity contribution >= 4 is 22.6 Å². The average molecular weight is 483 g/mol. The van der Waals surface area contributed by atoms with E-state index in [-0.39, 0.29) is 5.56 Å². The van der Waals surface area contributed by atoms with Crippen molar-refractivity contribution < 1.29 is 0 Å². The lowest BCUT2D eigenvalue weighted by Gasteiger charge is -2.15. The van der Waals surface area contributed by atoms with Crippen LogP contribution in [0.25, 0.3) is 22.2 Å². The lowest BCUT2D eigenvalue weighted by atomic mass is 10.0. The van der Waals surface area contributed by atoms with Crippen LogP contribution in [0.15, 0.2) is 90.2 Å². The molecular formula is C27H23ClN6O. The molecule has 7 nitrogen and oxygen atoms in total. The van der Waals surface area contributed by atoms with Crippen molar-refractivity contribution in [2.24, 2.45) is 19.8 Å². The summed E-state index contributed by atoms with van der Waals surface area (Å²) in [6.45, 7) is 0. The molecule has 0 radical (unpaired) electrons. The zero-order valence-electron chi connectivity index (χ0n) is 19.3. The quantitative estimate of drug-likeness (QED) is 0.405. The maximum atomic E-state index is 12.5. The molecule has 2 N–H and O–H groups in total. The molecule has 0 aliphatic heterocycles. The summed E-state index contributed by atoms with van der Waals surface area (Å²) < 4.78 is 3.44. The number of nitrogens with zero attached hydrogens (tertiary/aromatic N) is 5. The lowest BCUT2D eigenvalue weighted by molar-refractivity contribution is 0.831. The number of imidazole rings is 1. The standard InChI is InChI=1S/C23H17ClN4O.C4H6N2/c1-28-20-10-9-19(22(26)15-5-7-17(24)8-6-15)27-23(20)18(12-21(28)29)16-4-2-3-14(11-16)13-25;1-6-3-2-5-4-6/h2-12,22H,26H2,1H3;2-4H,1H3. The second-order valence-corrected chi connectivity index (χ2v) is 8.45. The molecule has 2 aromatic carbocycles. The molecule has 174 valence electrons. The van der Waals surface area contributed by atoms with Crippen molar-refractivity contribution in [3.63, 3.8) is 0 Å². The number of fused-ring (bicyclic) bond motifs is 1. The predicted octanol–water partition coefficient (Wildman–Crippen LogP) is 4.59. The minimum atomic E-state index is -0.438. The van der Waals surface area contributed by atoms with Gasteiger partial charge in [-0.2, -0.15) is 5.26 Å². The van der Waals surface area contributed by atoms with Gasteiger partial charge in [-0.15, -0.1) is 0 Å². The van der Waals surface area contributed by atoms with Gasteiger partial charge in [-0.1, -0.05) is 35.9 Å². The number of aromatic nitrogens is 4. The Morgan fingerprint density at radius 3 is 2.46 bits per heavy atom. The van der Waals surface area contributed by atoms with Crippen molar-refractivity contribution in [2.75, 3.05) is 0 Å². The van der Waals surface area contributed by atoms with E-state index in [0.717, 1.165) is 11.1 Å². The molecule has 5 aromatic rings. The van der Waals surface area contributed by atoms with Gasteiger partial charge in [-0.25, -0.2) is 9.97 Å². The second-order valence-electron chi connectivity index (χ2n) is 8.01. The van der Waals surface area contributed by atoms with Crippen molar-refractivity contribution in [3.8, 4) is 17.2 Å². The van der Waals surface area contributed by atoms with Crippen LogP contribution in [0.1, 0.15) is 22.9 Å². The van der Waals surface area contributed by atoms with Gasteiger partial charge in [0.2, 0.25) is 0 Å². The summed E-state index contributed by atoms with van der Waals surface area (Å²) in [7, 11) is 3.65. The predicted molar refractivity (Wildman–Crippen MR) is 138 cm³/mol. The highest BCUT2D eigenvalue weighted by Crippen LogP contribution is 2.28. The molecule has 8 heteroatoms. The van der Waals surface area contributed by atoms with Gasteiger partial charge in [0, 0.05) is 43.1 Å². The summed E-state index contributed by atoms with van der Waals surface area (Å²) in [5.74, 6) is 0. The van der Waals surface area contributed by atoms with Crippen LogP contribution in [0.4, 0.5) is 0 Å². The summed E-state index contributed by atoms with van der Waals surface area (Å²) in [4.78, 5) is 21.1. The Morgan fingerprint density at radius 1 is 1.06 bits per heavy atom. The summed E-state index contributed by atoms with van der Waals surface area (Å²) >= 11 is 5.97. The Hall–Kier alpha value is -4.25. The number of rotatable bonds is 3. The van der Waals surface area contributed by atoms with Crippen LogP contribution in [-0.2, 0) is 14.1 Å². The largest absolute Gasteiger partial charge is 0.341 e. The maximum Gasteiger partial charge on any atom is 0.251 e. The SMILES string of the molecule is Cn1c(=O)cc(-c2cccc(C#N)c2)c2nc(C(N)c3ccc(Cl)cc3)ccc21.Cn1ccnc1. The van der Waals surface area contributed by atoms with Crippen molar-refractivity contribution in [1.29, 1.82) is 5.26 Å². The number of halogens is 1. The number of nitrogens with two attached hydrogens (primary N) is 1. The Labute approximate surface area is 207 Å². The van der Waals surface area contributed by atoms with Gasteiger partial charge in [-0.3, -0.25) is 4.79 Å². The summed E-state index contributed by atoms with van der Waals surface area (Å²) in [6, 6.07) is 21.4. The molecular weight excluding hydrogens is 460 g/mol. The number of benzene rings is 2. The average Bonchev–Trinajstić information content (AvgIpc) is 3.37. The first kappa shape index (κ1) is 23.9.